The van der Waals surface area contributed by atoms with Crippen LogP contribution in [0.2, 0.25) is 0 Å². The number of hydrogen-bond donors (Lipinski definition) is 1. The third-order valence-corrected chi connectivity index (χ3v) is 6.22. The Morgan fingerprint density at radius 1 is 1.05 bits per heavy atom. The first-order valence-corrected chi connectivity index (χ1v) is 12.2. The number of para-hydroxylation sites is 1. The Kier molecular flexibility index (Phi) is 6.83. The van der Waals surface area contributed by atoms with Crippen LogP contribution >= 0.6 is 0 Å². The summed E-state index contributed by atoms with van der Waals surface area (Å²) < 4.78 is 22.3. The maximum Gasteiger partial charge on any atom is 0.351 e. The SMILES string of the molecule is CCCCOc1cccc(C2C(C#N)=C(N)Oc3cc(OC(=O)c4cc5ccccc5oc4=O)ccc32)c1. The minimum Gasteiger partial charge on any atom is -0.494 e. The molecule has 1 unspecified atom stereocenters. The van der Waals surface area contributed by atoms with E-state index in [0.717, 1.165) is 18.4 Å². The van der Waals surface area contributed by atoms with Crippen molar-refractivity contribution < 1.29 is 23.4 Å². The van der Waals surface area contributed by atoms with Gasteiger partial charge >= 0.3 is 11.6 Å². The van der Waals surface area contributed by atoms with Crippen LogP contribution < -0.4 is 25.6 Å². The second-order valence-electron chi connectivity index (χ2n) is 8.77. The van der Waals surface area contributed by atoms with E-state index in [2.05, 4.69) is 13.0 Å². The zero-order chi connectivity index (χ0) is 26.6. The summed E-state index contributed by atoms with van der Waals surface area (Å²) in [6.45, 7) is 2.69. The highest BCUT2D eigenvalue weighted by atomic mass is 16.5. The molecule has 0 bridgehead atoms. The number of rotatable bonds is 7. The molecule has 0 fully saturated rings. The number of esters is 1. The first kappa shape index (κ1) is 24.7. The summed E-state index contributed by atoms with van der Waals surface area (Å²) in [5.41, 5.74) is 7.22. The topological polar surface area (TPSA) is 125 Å². The van der Waals surface area contributed by atoms with Gasteiger partial charge in [0.1, 0.15) is 40.0 Å². The molecule has 1 aromatic heterocycles. The van der Waals surface area contributed by atoms with E-state index in [4.69, 9.17) is 24.4 Å². The number of carbonyl (C=O) groups is 1. The van der Waals surface area contributed by atoms with E-state index in [-0.39, 0.29) is 22.8 Å². The van der Waals surface area contributed by atoms with Crippen molar-refractivity contribution in [1.29, 1.82) is 5.26 Å². The molecule has 4 aromatic rings. The van der Waals surface area contributed by atoms with Gasteiger partial charge in [0.25, 0.3) is 0 Å². The number of carbonyl (C=O) groups excluding carboxylic acids is 1. The third kappa shape index (κ3) is 4.82. The van der Waals surface area contributed by atoms with E-state index in [1.54, 1.807) is 36.4 Å². The van der Waals surface area contributed by atoms with E-state index >= 15 is 0 Å². The van der Waals surface area contributed by atoms with Gasteiger partial charge in [0.15, 0.2) is 0 Å². The number of hydrogen-bond acceptors (Lipinski definition) is 8. The lowest BCUT2D eigenvalue weighted by atomic mass is 9.83. The average molecular weight is 509 g/mol. The fourth-order valence-corrected chi connectivity index (χ4v) is 4.33. The Labute approximate surface area is 218 Å². The van der Waals surface area contributed by atoms with E-state index in [1.165, 1.54) is 12.1 Å². The summed E-state index contributed by atoms with van der Waals surface area (Å²) in [5, 5.41) is 10.5. The highest BCUT2D eigenvalue weighted by molar-refractivity contribution is 5.94. The predicted molar refractivity (Wildman–Crippen MR) is 140 cm³/mol. The molecule has 0 spiro atoms. The van der Waals surface area contributed by atoms with Gasteiger partial charge in [-0.2, -0.15) is 5.26 Å². The number of unbranched alkanes of at least 4 members (excludes halogenated alkanes) is 1. The number of nitrogens with zero attached hydrogens (tertiary/aromatic N) is 1. The quantitative estimate of drug-likeness (QED) is 0.152. The van der Waals surface area contributed by atoms with Crippen LogP contribution in [0, 0.1) is 11.3 Å². The van der Waals surface area contributed by atoms with E-state index < -0.39 is 17.5 Å². The van der Waals surface area contributed by atoms with Gasteiger partial charge in [-0.25, -0.2) is 9.59 Å². The Bertz CT molecular complexity index is 1660. The van der Waals surface area contributed by atoms with Crippen LogP contribution in [-0.4, -0.2) is 12.6 Å². The fourth-order valence-electron chi connectivity index (χ4n) is 4.33. The largest absolute Gasteiger partial charge is 0.494 e. The number of nitriles is 1. The lowest BCUT2D eigenvalue weighted by molar-refractivity contribution is 0.0730. The molecule has 2 N–H and O–H groups in total. The molecule has 3 aromatic carbocycles. The van der Waals surface area contributed by atoms with Crippen molar-refractivity contribution in [2.75, 3.05) is 6.61 Å². The lowest BCUT2D eigenvalue weighted by Gasteiger charge is -2.27. The highest BCUT2D eigenvalue weighted by Gasteiger charge is 2.31. The molecular weight excluding hydrogens is 484 g/mol. The van der Waals surface area contributed by atoms with Crippen molar-refractivity contribution in [2.24, 2.45) is 5.73 Å². The Morgan fingerprint density at radius 3 is 2.71 bits per heavy atom. The molecule has 0 saturated carbocycles. The summed E-state index contributed by atoms with van der Waals surface area (Å²) in [4.78, 5) is 25.2. The summed E-state index contributed by atoms with van der Waals surface area (Å²) in [5.74, 6) is -0.240. The maximum absolute atomic E-state index is 12.8. The van der Waals surface area contributed by atoms with Gasteiger partial charge < -0.3 is 24.4 Å². The van der Waals surface area contributed by atoms with Crippen LogP contribution in [0.5, 0.6) is 17.2 Å². The number of allylic oxidation sites excluding steroid dienone is 1. The van der Waals surface area contributed by atoms with Crippen LogP contribution in [0.15, 0.2) is 93.5 Å². The van der Waals surface area contributed by atoms with Gasteiger partial charge in [0, 0.05) is 17.0 Å². The second-order valence-corrected chi connectivity index (χ2v) is 8.77. The minimum atomic E-state index is -0.866. The van der Waals surface area contributed by atoms with Gasteiger partial charge in [0.2, 0.25) is 5.88 Å². The molecule has 1 atom stereocenters. The molecule has 190 valence electrons. The van der Waals surface area contributed by atoms with Crippen molar-refractivity contribution in [2.45, 2.75) is 25.7 Å². The average Bonchev–Trinajstić information content (AvgIpc) is 2.92. The molecule has 2 heterocycles. The number of nitrogens with two attached hydrogens (primary N) is 1. The number of benzene rings is 3. The van der Waals surface area contributed by atoms with Gasteiger partial charge in [-0.05, 0) is 42.3 Å². The van der Waals surface area contributed by atoms with Crippen LogP contribution in [0.1, 0.15) is 47.2 Å². The van der Waals surface area contributed by atoms with Crippen LogP contribution in [-0.2, 0) is 0 Å². The lowest BCUT2D eigenvalue weighted by Crippen LogP contribution is -2.22. The summed E-state index contributed by atoms with van der Waals surface area (Å²) >= 11 is 0. The highest BCUT2D eigenvalue weighted by Crippen LogP contribution is 2.44. The summed E-state index contributed by atoms with van der Waals surface area (Å²) in [6, 6.07) is 22.8. The molecule has 8 nitrogen and oxygen atoms in total. The second kappa shape index (κ2) is 10.5. The number of fused-ring (bicyclic) bond motifs is 2. The van der Waals surface area contributed by atoms with Gasteiger partial charge in [-0.1, -0.05) is 49.7 Å². The molecule has 5 rings (SSSR count). The minimum absolute atomic E-state index is 0.0408. The van der Waals surface area contributed by atoms with E-state index in [9.17, 15) is 14.9 Å². The number of ether oxygens (including phenoxy) is 3. The van der Waals surface area contributed by atoms with Gasteiger partial charge in [-0.15, -0.1) is 0 Å². The van der Waals surface area contributed by atoms with Gasteiger partial charge in [-0.3, -0.25) is 0 Å². The third-order valence-electron chi connectivity index (χ3n) is 6.22. The zero-order valence-corrected chi connectivity index (χ0v) is 20.6. The smallest absolute Gasteiger partial charge is 0.351 e. The standard InChI is InChI=1S/C30H24N2O6/c1-2-3-13-35-20-9-6-8-19(14-20)27-22-12-11-21(16-26(22)37-28(32)24(27)17-31)36-29(33)23-15-18-7-4-5-10-25(18)38-30(23)34/h4-12,14-16,27H,2-3,13,32H2,1H3. The molecule has 0 amide bonds. The van der Waals surface area contributed by atoms with Crippen LogP contribution in [0.3, 0.4) is 0 Å². The Balaban J connectivity index is 1.45. The van der Waals surface area contributed by atoms with Crippen molar-refractivity contribution in [3.8, 4) is 23.3 Å². The van der Waals surface area contributed by atoms with Crippen LogP contribution in [0.4, 0.5) is 0 Å². The van der Waals surface area contributed by atoms with Crippen molar-refractivity contribution in [1.82, 2.24) is 0 Å². The first-order valence-electron chi connectivity index (χ1n) is 12.2. The van der Waals surface area contributed by atoms with Gasteiger partial charge in [0.05, 0.1) is 12.5 Å². The van der Waals surface area contributed by atoms with Crippen molar-refractivity contribution >= 4 is 16.9 Å². The Morgan fingerprint density at radius 2 is 1.89 bits per heavy atom. The summed E-state index contributed by atoms with van der Waals surface area (Å²) in [6.07, 6.45) is 1.95. The predicted octanol–water partition coefficient (Wildman–Crippen LogP) is 5.41. The molecule has 0 radical (unpaired) electrons. The maximum atomic E-state index is 12.8. The molecule has 1 aliphatic rings. The fraction of sp³-hybridized carbons (Fsp3) is 0.167. The summed E-state index contributed by atoms with van der Waals surface area (Å²) in [7, 11) is 0. The van der Waals surface area contributed by atoms with Crippen molar-refractivity contribution in [3.05, 3.63) is 111 Å². The normalized spacial score (nSPS) is 14.4. The molecular formula is C30H24N2O6. The molecule has 8 heteroatoms. The molecule has 38 heavy (non-hydrogen) atoms. The van der Waals surface area contributed by atoms with Crippen LogP contribution in [0.25, 0.3) is 11.0 Å². The van der Waals surface area contributed by atoms with E-state index in [0.29, 0.717) is 34.6 Å². The molecule has 1 aliphatic heterocycles. The first-order chi connectivity index (χ1) is 18.5. The monoisotopic (exact) mass is 508 g/mol. The molecule has 0 aliphatic carbocycles. The molecule has 0 saturated heterocycles. The Hall–Kier alpha value is -5.03. The van der Waals surface area contributed by atoms with E-state index in [1.807, 2.05) is 24.3 Å². The zero-order valence-electron chi connectivity index (χ0n) is 20.6. The van der Waals surface area contributed by atoms with Crippen molar-refractivity contribution in [3.63, 3.8) is 0 Å².